The van der Waals surface area contributed by atoms with Gasteiger partial charge in [0.2, 0.25) is 0 Å². The molecular formula is C16H20N2O. The fourth-order valence-corrected chi connectivity index (χ4v) is 2.06. The summed E-state index contributed by atoms with van der Waals surface area (Å²) in [5.74, 6) is -0.0117. The smallest absolute Gasteiger partial charge is 0.251 e. The Morgan fingerprint density at radius 2 is 1.79 bits per heavy atom. The Balaban J connectivity index is 2.05. The van der Waals surface area contributed by atoms with Gasteiger partial charge in [0.1, 0.15) is 0 Å². The van der Waals surface area contributed by atoms with Crippen molar-refractivity contribution >= 4 is 16.7 Å². The topological polar surface area (TPSA) is 41.1 Å². The molecule has 0 fully saturated rings. The molecule has 0 bridgehead atoms. The Labute approximate surface area is 114 Å². The first-order valence-corrected chi connectivity index (χ1v) is 6.68. The number of carbonyl (C=O) groups excluding carboxylic acids is 1. The maximum absolute atomic E-state index is 12.2. The van der Waals surface area contributed by atoms with Gasteiger partial charge in [0.25, 0.3) is 5.91 Å². The van der Waals surface area contributed by atoms with Crippen molar-refractivity contribution in [1.82, 2.24) is 10.6 Å². The van der Waals surface area contributed by atoms with E-state index in [-0.39, 0.29) is 5.91 Å². The van der Waals surface area contributed by atoms with Crippen LogP contribution in [0.2, 0.25) is 0 Å². The van der Waals surface area contributed by atoms with Crippen molar-refractivity contribution in [2.45, 2.75) is 19.9 Å². The highest BCUT2D eigenvalue weighted by Crippen LogP contribution is 2.18. The van der Waals surface area contributed by atoms with Crippen LogP contribution in [0, 0.1) is 0 Å². The van der Waals surface area contributed by atoms with Crippen LogP contribution in [0.1, 0.15) is 24.2 Å². The number of amides is 1. The lowest BCUT2D eigenvalue weighted by atomic mass is 10.0. The van der Waals surface area contributed by atoms with Crippen LogP contribution in [0.4, 0.5) is 0 Å². The number of benzene rings is 2. The van der Waals surface area contributed by atoms with E-state index in [1.807, 2.05) is 42.5 Å². The summed E-state index contributed by atoms with van der Waals surface area (Å²) in [6.45, 7) is 5.60. The Morgan fingerprint density at radius 3 is 2.58 bits per heavy atom. The molecule has 0 aliphatic rings. The van der Waals surface area contributed by atoms with Crippen LogP contribution in [0.25, 0.3) is 10.8 Å². The Hall–Kier alpha value is -1.87. The zero-order valence-electron chi connectivity index (χ0n) is 11.4. The minimum Gasteiger partial charge on any atom is -0.351 e. The predicted octanol–water partition coefficient (Wildman–Crippen LogP) is 2.57. The third-order valence-corrected chi connectivity index (χ3v) is 3.00. The third-order valence-electron chi connectivity index (χ3n) is 3.00. The molecular weight excluding hydrogens is 236 g/mol. The number of nitrogens with one attached hydrogen (secondary N) is 2. The van der Waals surface area contributed by atoms with Gasteiger partial charge in [0, 0.05) is 24.7 Å². The van der Waals surface area contributed by atoms with Crippen LogP contribution in [0.3, 0.4) is 0 Å². The van der Waals surface area contributed by atoms with E-state index in [1.54, 1.807) is 0 Å². The number of carbonyl (C=O) groups is 1. The number of hydrogen-bond donors (Lipinski definition) is 2. The van der Waals surface area contributed by atoms with E-state index in [0.717, 1.165) is 22.9 Å². The van der Waals surface area contributed by atoms with Crippen molar-refractivity contribution in [2.24, 2.45) is 0 Å². The predicted molar refractivity (Wildman–Crippen MR) is 79.4 cm³/mol. The molecule has 0 unspecified atom stereocenters. The lowest BCUT2D eigenvalue weighted by Gasteiger charge is -2.10. The van der Waals surface area contributed by atoms with Crippen molar-refractivity contribution in [1.29, 1.82) is 0 Å². The number of hydrogen-bond acceptors (Lipinski definition) is 2. The Bertz CT molecular complexity index is 558. The van der Waals surface area contributed by atoms with Crippen LogP contribution in [0.5, 0.6) is 0 Å². The molecule has 0 aromatic heterocycles. The Morgan fingerprint density at radius 1 is 1.05 bits per heavy atom. The molecule has 0 heterocycles. The molecule has 2 aromatic carbocycles. The van der Waals surface area contributed by atoms with E-state index in [9.17, 15) is 4.79 Å². The lowest BCUT2D eigenvalue weighted by Crippen LogP contribution is -2.34. The van der Waals surface area contributed by atoms with E-state index in [0.29, 0.717) is 12.6 Å². The fraction of sp³-hybridized carbons (Fsp3) is 0.312. The first kappa shape index (κ1) is 13.6. The van der Waals surface area contributed by atoms with Gasteiger partial charge in [0.15, 0.2) is 0 Å². The SMILES string of the molecule is CC(C)NCCNC(=O)c1cccc2ccccc12. The maximum atomic E-state index is 12.2. The van der Waals surface area contributed by atoms with Crippen molar-refractivity contribution in [3.05, 3.63) is 48.0 Å². The van der Waals surface area contributed by atoms with Crippen LogP contribution < -0.4 is 10.6 Å². The summed E-state index contributed by atoms with van der Waals surface area (Å²) < 4.78 is 0. The van der Waals surface area contributed by atoms with Crippen molar-refractivity contribution in [2.75, 3.05) is 13.1 Å². The van der Waals surface area contributed by atoms with Gasteiger partial charge in [-0.1, -0.05) is 50.2 Å². The van der Waals surface area contributed by atoms with E-state index >= 15 is 0 Å². The molecule has 1 amide bonds. The fourth-order valence-electron chi connectivity index (χ4n) is 2.06. The van der Waals surface area contributed by atoms with Gasteiger partial charge in [-0.15, -0.1) is 0 Å². The van der Waals surface area contributed by atoms with Crippen LogP contribution in [-0.2, 0) is 0 Å². The highest BCUT2D eigenvalue weighted by molar-refractivity contribution is 6.06. The second-order valence-electron chi connectivity index (χ2n) is 4.89. The van der Waals surface area contributed by atoms with E-state index in [1.165, 1.54) is 0 Å². The monoisotopic (exact) mass is 256 g/mol. The second-order valence-corrected chi connectivity index (χ2v) is 4.89. The molecule has 2 aromatic rings. The van der Waals surface area contributed by atoms with E-state index in [2.05, 4.69) is 24.5 Å². The zero-order chi connectivity index (χ0) is 13.7. The summed E-state index contributed by atoms with van der Waals surface area (Å²) in [6, 6.07) is 14.2. The molecule has 0 atom stereocenters. The zero-order valence-corrected chi connectivity index (χ0v) is 11.4. The molecule has 100 valence electrons. The van der Waals surface area contributed by atoms with Gasteiger partial charge in [-0.25, -0.2) is 0 Å². The highest BCUT2D eigenvalue weighted by atomic mass is 16.1. The summed E-state index contributed by atoms with van der Waals surface area (Å²) in [4.78, 5) is 12.2. The average molecular weight is 256 g/mol. The van der Waals surface area contributed by atoms with Crippen molar-refractivity contribution < 1.29 is 4.79 Å². The van der Waals surface area contributed by atoms with Crippen LogP contribution >= 0.6 is 0 Å². The number of rotatable bonds is 5. The minimum atomic E-state index is -0.0117. The molecule has 0 saturated carbocycles. The first-order chi connectivity index (χ1) is 9.18. The van der Waals surface area contributed by atoms with Crippen LogP contribution in [0.15, 0.2) is 42.5 Å². The van der Waals surface area contributed by atoms with Crippen molar-refractivity contribution in [3.63, 3.8) is 0 Å². The Kier molecular flexibility index (Phi) is 4.53. The quantitative estimate of drug-likeness (QED) is 0.807. The van der Waals surface area contributed by atoms with E-state index in [4.69, 9.17) is 0 Å². The molecule has 0 saturated heterocycles. The van der Waals surface area contributed by atoms with Crippen molar-refractivity contribution in [3.8, 4) is 0 Å². The second kappa shape index (κ2) is 6.34. The normalized spacial score (nSPS) is 10.9. The molecule has 0 aliphatic carbocycles. The molecule has 0 spiro atoms. The van der Waals surface area contributed by atoms with Gasteiger partial charge < -0.3 is 10.6 Å². The van der Waals surface area contributed by atoms with Crippen LogP contribution in [-0.4, -0.2) is 25.0 Å². The van der Waals surface area contributed by atoms with Gasteiger partial charge >= 0.3 is 0 Å². The first-order valence-electron chi connectivity index (χ1n) is 6.68. The summed E-state index contributed by atoms with van der Waals surface area (Å²) in [5.41, 5.74) is 0.739. The van der Waals surface area contributed by atoms with Gasteiger partial charge in [0.05, 0.1) is 0 Å². The molecule has 3 heteroatoms. The highest BCUT2D eigenvalue weighted by Gasteiger charge is 2.08. The van der Waals surface area contributed by atoms with Gasteiger partial charge in [-0.05, 0) is 16.8 Å². The molecule has 3 nitrogen and oxygen atoms in total. The molecule has 0 aliphatic heterocycles. The molecule has 2 rings (SSSR count). The summed E-state index contributed by atoms with van der Waals surface area (Å²) in [5, 5.41) is 8.31. The largest absolute Gasteiger partial charge is 0.351 e. The summed E-state index contributed by atoms with van der Waals surface area (Å²) in [6.07, 6.45) is 0. The third kappa shape index (κ3) is 3.55. The van der Waals surface area contributed by atoms with E-state index < -0.39 is 0 Å². The lowest BCUT2D eigenvalue weighted by molar-refractivity contribution is 0.0955. The van der Waals surface area contributed by atoms with Gasteiger partial charge in [-0.2, -0.15) is 0 Å². The summed E-state index contributed by atoms with van der Waals surface area (Å²) in [7, 11) is 0. The maximum Gasteiger partial charge on any atom is 0.251 e. The molecule has 19 heavy (non-hydrogen) atoms. The minimum absolute atomic E-state index is 0.0117. The number of fused-ring (bicyclic) bond motifs is 1. The molecule has 2 N–H and O–H groups in total. The summed E-state index contributed by atoms with van der Waals surface area (Å²) >= 11 is 0. The average Bonchev–Trinajstić information content (AvgIpc) is 2.42. The van der Waals surface area contributed by atoms with Gasteiger partial charge in [-0.3, -0.25) is 4.79 Å². The molecule has 0 radical (unpaired) electrons. The standard InChI is InChI=1S/C16H20N2O/c1-12(2)17-10-11-18-16(19)15-9-5-7-13-6-3-4-8-14(13)15/h3-9,12,17H,10-11H2,1-2H3,(H,18,19).